The number of halogens is 6. The van der Waals surface area contributed by atoms with Gasteiger partial charge in [-0.3, -0.25) is 23.5 Å². The second kappa shape index (κ2) is 12.6. The summed E-state index contributed by atoms with van der Waals surface area (Å²) in [5.41, 5.74) is 1.32. The molecule has 1 fully saturated rings. The van der Waals surface area contributed by atoms with Gasteiger partial charge in [-0.25, -0.2) is 4.39 Å². The number of amides is 1. The molecule has 1 amide bonds. The lowest BCUT2D eigenvalue weighted by Gasteiger charge is -2.29. The van der Waals surface area contributed by atoms with E-state index in [1.165, 1.54) is 36.3 Å². The highest BCUT2D eigenvalue weighted by Crippen LogP contribution is 2.27. The van der Waals surface area contributed by atoms with E-state index in [9.17, 15) is 27.2 Å². The van der Waals surface area contributed by atoms with E-state index in [0.717, 1.165) is 24.9 Å². The molecule has 17 heteroatoms. The number of carboxylic acids is 1. The molecule has 6 rings (SSSR count). The first-order valence-corrected chi connectivity index (χ1v) is 14.3. The number of fused-ring (bicyclic) bond motifs is 2. The number of aromatic nitrogens is 5. The zero-order valence-corrected chi connectivity index (χ0v) is 24.4. The minimum Gasteiger partial charge on any atom is -0.542 e. The molecule has 44 heavy (non-hydrogen) atoms. The standard InChI is InChI=1S/C25H24Cl2FN7O2.C2HF3O2/c26-18-12-20-23(36)29-13-16(35(20)22(18)27)10-15-4-5-19(28)17(11-15)24(37)33-8-9-34-21(14-33)30-31-25(34)32-6-2-1-3-7-32;3-2(4,5)1(6)7/h4-5,11-13H,1-3,6-10,14H2,(H,29,36);(H,6,7). The van der Waals surface area contributed by atoms with Gasteiger partial charge in [-0.15, -0.1) is 5.10 Å². The van der Waals surface area contributed by atoms with Crippen LogP contribution in [-0.2, 0) is 24.3 Å². The molecule has 234 valence electrons. The van der Waals surface area contributed by atoms with Crippen molar-refractivity contribution in [2.75, 3.05) is 19.6 Å². The molecule has 2 N–H and O–H groups in total. The number of carbonyl (C=O) groups excluding carboxylic acids is 2. The molecule has 1 aromatic carbocycles. The van der Waals surface area contributed by atoms with Crippen LogP contribution in [0, 0.1) is 5.82 Å². The van der Waals surface area contributed by atoms with Gasteiger partial charge in [0.15, 0.2) is 5.82 Å². The van der Waals surface area contributed by atoms with Crippen molar-refractivity contribution >= 4 is 46.5 Å². The minimum absolute atomic E-state index is 0.00958. The summed E-state index contributed by atoms with van der Waals surface area (Å²) in [5.74, 6) is -2.33. The number of hydrogen-bond acceptors (Lipinski definition) is 6. The van der Waals surface area contributed by atoms with Gasteiger partial charge in [0.1, 0.15) is 22.5 Å². The molecule has 2 aliphatic heterocycles. The summed E-state index contributed by atoms with van der Waals surface area (Å²) in [4.78, 5) is 40.0. The molecule has 2 aliphatic rings. The molecule has 0 unspecified atom stereocenters. The van der Waals surface area contributed by atoms with Crippen LogP contribution >= 0.6 is 23.2 Å². The number of aromatic amines is 1. The SMILES string of the molecule is O=C([O-])C(F)(F)F.O=C(c1cc(Cc2c[nH]c(=O)c3cc(Cl)c(Cl)n23)ccc1F)N1CCn2c(nnc2[NH+]2CCCCC2)C1. The van der Waals surface area contributed by atoms with Crippen molar-refractivity contribution < 1.29 is 37.2 Å². The van der Waals surface area contributed by atoms with Crippen molar-refractivity contribution in [2.45, 2.75) is 44.9 Å². The predicted molar refractivity (Wildman–Crippen MR) is 147 cm³/mol. The van der Waals surface area contributed by atoms with Gasteiger partial charge in [-0.2, -0.15) is 13.2 Å². The average Bonchev–Trinajstić information content (AvgIpc) is 3.56. The zero-order valence-electron chi connectivity index (χ0n) is 22.9. The highest BCUT2D eigenvalue weighted by molar-refractivity contribution is 6.42. The van der Waals surface area contributed by atoms with E-state index in [1.807, 2.05) is 0 Å². The second-order valence-electron chi connectivity index (χ2n) is 10.4. The van der Waals surface area contributed by atoms with Crippen LogP contribution in [0.25, 0.3) is 5.52 Å². The molecule has 4 aromatic rings. The molecule has 0 spiro atoms. The Morgan fingerprint density at radius 1 is 1.07 bits per heavy atom. The summed E-state index contributed by atoms with van der Waals surface area (Å²) in [5, 5.41) is 18.0. The number of aliphatic carboxylic acids is 1. The lowest BCUT2D eigenvalue weighted by atomic mass is 10.0. The third kappa shape index (κ3) is 6.44. The van der Waals surface area contributed by atoms with E-state index in [0.29, 0.717) is 36.3 Å². The highest BCUT2D eigenvalue weighted by atomic mass is 35.5. The normalized spacial score (nSPS) is 15.5. The van der Waals surface area contributed by atoms with Crippen LogP contribution in [0.4, 0.5) is 23.5 Å². The predicted octanol–water partition coefficient (Wildman–Crippen LogP) is 1.91. The summed E-state index contributed by atoms with van der Waals surface area (Å²) in [6, 6.07) is 5.96. The van der Waals surface area contributed by atoms with Gasteiger partial charge in [0.2, 0.25) is 0 Å². The van der Waals surface area contributed by atoms with E-state index in [1.54, 1.807) is 27.6 Å². The Bertz CT molecular complexity index is 1780. The monoisotopic (exact) mass is 657 g/mol. The minimum atomic E-state index is -5.19. The van der Waals surface area contributed by atoms with Crippen LogP contribution in [0.15, 0.2) is 35.3 Å². The first kappa shape index (κ1) is 31.5. The summed E-state index contributed by atoms with van der Waals surface area (Å²) in [6.07, 6.45) is 0.241. The number of carboxylic acid groups (broad SMARTS) is 1. The molecule has 1 saturated heterocycles. The van der Waals surface area contributed by atoms with Gasteiger partial charge in [0, 0.05) is 31.4 Å². The number of H-pyrrole nitrogens is 1. The average molecular weight is 658 g/mol. The number of rotatable bonds is 4. The Labute approximate surface area is 256 Å². The fraction of sp³-hybridized carbons (Fsp3) is 0.370. The van der Waals surface area contributed by atoms with Crippen LogP contribution in [0.5, 0.6) is 0 Å². The molecule has 0 atom stereocenters. The largest absolute Gasteiger partial charge is 0.542 e. The van der Waals surface area contributed by atoms with Crippen molar-refractivity contribution in [1.82, 2.24) is 29.0 Å². The molecule has 0 saturated carbocycles. The van der Waals surface area contributed by atoms with E-state index < -0.39 is 23.9 Å². The molecular formula is C27H25Cl2F4N7O4. The molecular weight excluding hydrogens is 633 g/mol. The van der Waals surface area contributed by atoms with E-state index >= 15 is 0 Å². The van der Waals surface area contributed by atoms with Crippen LogP contribution in [-0.4, -0.2) is 66.7 Å². The molecule has 0 radical (unpaired) electrons. The number of carbonyl (C=O) groups is 2. The lowest BCUT2D eigenvalue weighted by Crippen LogP contribution is -3.08. The highest BCUT2D eigenvalue weighted by Gasteiger charge is 2.31. The van der Waals surface area contributed by atoms with Crippen molar-refractivity contribution in [3.05, 3.63) is 79.5 Å². The molecule has 5 heterocycles. The summed E-state index contributed by atoms with van der Waals surface area (Å²) < 4.78 is 50.1. The Morgan fingerprint density at radius 3 is 2.45 bits per heavy atom. The maximum Gasteiger partial charge on any atom is 0.430 e. The van der Waals surface area contributed by atoms with E-state index in [4.69, 9.17) is 33.1 Å². The third-order valence-corrected chi connectivity index (χ3v) is 8.24. The Hall–Kier alpha value is -3.95. The van der Waals surface area contributed by atoms with Crippen molar-refractivity contribution in [1.29, 1.82) is 0 Å². The number of benzene rings is 1. The van der Waals surface area contributed by atoms with Gasteiger partial charge in [-0.1, -0.05) is 34.4 Å². The second-order valence-corrected chi connectivity index (χ2v) is 11.1. The summed E-state index contributed by atoms with van der Waals surface area (Å²) in [7, 11) is 0. The first-order valence-electron chi connectivity index (χ1n) is 13.5. The fourth-order valence-electron chi connectivity index (χ4n) is 5.34. The van der Waals surface area contributed by atoms with E-state index in [2.05, 4.69) is 19.7 Å². The Kier molecular flexibility index (Phi) is 9.00. The van der Waals surface area contributed by atoms with Crippen molar-refractivity contribution in [3.8, 4) is 0 Å². The summed E-state index contributed by atoms with van der Waals surface area (Å²) >= 11 is 12.5. The van der Waals surface area contributed by atoms with Crippen molar-refractivity contribution in [3.63, 3.8) is 0 Å². The topological polar surface area (TPSA) is 133 Å². The summed E-state index contributed by atoms with van der Waals surface area (Å²) in [6.45, 7) is 3.39. The Balaban J connectivity index is 0.000000493. The number of quaternary nitrogens is 1. The van der Waals surface area contributed by atoms with Gasteiger partial charge in [0.25, 0.3) is 11.5 Å². The molecule has 11 nitrogen and oxygen atoms in total. The van der Waals surface area contributed by atoms with Crippen LogP contribution in [0.2, 0.25) is 10.2 Å². The maximum atomic E-state index is 14.9. The van der Waals surface area contributed by atoms with Crippen LogP contribution in [0.3, 0.4) is 0 Å². The molecule has 3 aromatic heterocycles. The van der Waals surface area contributed by atoms with Gasteiger partial charge < -0.3 is 19.8 Å². The first-order chi connectivity index (χ1) is 20.8. The smallest absolute Gasteiger partial charge is 0.430 e. The number of nitrogens with zero attached hydrogens (tertiary/aromatic N) is 5. The Morgan fingerprint density at radius 2 is 1.77 bits per heavy atom. The van der Waals surface area contributed by atoms with E-state index in [-0.39, 0.29) is 27.8 Å². The van der Waals surface area contributed by atoms with Gasteiger partial charge in [0.05, 0.1) is 30.2 Å². The quantitative estimate of drug-likeness (QED) is 0.322. The van der Waals surface area contributed by atoms with Gasteiger partial charge >= 0.3 is 12.1 Å². The fourth-order valence-corrected chi connectivity index (χ4v) is 5.78. The van der Waals surface area contributed by atoms with Crippen molar-refractivity contribution in [2.24, 2.45) is 0 Å². The zero-order chi connectivity index (χ0) is 31.8. The lowest BCUT2D eigenvalue weighted by molar-refractivity contribution is -0.844. The number of piperidine rings is 1. The third-order valence-electron chi connectivity index (χ3n) is 7.48. The van der Waals surface area contributed by atoms with Crippen LogP contribution in [0.1, 0.15) is 46.7 Å². The maximum absolute atomic E-state index is 14.9. The van der Waals surface area contributed by atoms with Gasteiger partial charge in [-0.05, 0) is 43.0 Å². The number of nitrogens with one attached hydrogen (secondary N) is 2. The molecule has 0 bridgehead atoms. The number of hydrogen-bond donors (Lipinski definition) is 2. The number of alkyl halides is 3. The molecule has 0 aliphatic carbocycles. The van der Waals surface area contributed by atoms with Crippen LogP contribution < -0.4 is 15.6 Å².